The molecule has 24 heavy (non-hydrogen) atoms. The van der Waals surface area contributed by atoms with Gasteiger partial charge in [0, 0.05) is 0 Å². The Labute approximate surface area is 141 Å². The van der Waals surface area contributed by atoms with Crippen LogP contribution in [-0.4, -0.2) is 66.7 Å². The molecule has 0 spiro atoms. The molecule has 2 unspecified atom stereocenters. The highest BCUT2D eigenvalue weighted by Gasteiger charge is 2.31. The maximum absolute atomic E-state index is 11.7. The number of rotatable bonds is 11. The molecule has 0 aliphatic carbocycles. The van der Waals surface area contributed by atoms with Gasteiger partial charge < -0.3 is 9.47 Å². The van der Waals surface area contributed by atoms with E-state index >= 15 is 0 Å². The SMILES string of the molecule is CCOC(=O)C(CCC(OS(C)(=O)=O)C(=O)OCC)OS(C)(=O)=O. The molecule has 0 aromatic carbocycles. The number of hydrogen-bond acceptors (Lipinski definition) is 10. The fourth-order valence-electron chi connectivity index (χ4n) is 1.61. The molecule has 0 saturated carbocycles. The summed E-state index contributed by atoms with van der Waals surface area (Å²) in [5.74, 6) is -1.91. The van der Waals surface area contributed by atoms with E-state index in [9.17, 15) is 26.4 Å². The Bertz CT molecular complexity index is 566. The second kappa shape index (κ2) is 9.91. The van der Waals surface area contributed by atoms with E-state index < -0.39 is 44.4 Å². The Kier molecular flexibility index (Phi) is 9.40. The largest absolute Gasteiger partial charge is 0.464 e. The van der Waals surface area contributed by atoms with Crippen molar-refractivity contribution in [2.24, 2.45) is 0 Å². The molecule has 0 radical (unpaired) electrons. The summed E-state index contributed by atoms with van der Waals surface area (Å²) in [7, 11) is -7.95. The molecule has 0 bridgehead atoms. The van der Waals surface area contributed by atoms with Crippen LogP contribution >= 0.6 is 0 Å². The minimum absolute atomic E-state index is 0.0103. The van der Waals surface area contributed by atoms with Crippen molar-refractivity contribution in [2.75, 3.05) is 25.7 Å². The van der Waals surface area contributed by atoms with Crippen LogP contribution in [0.1, 0.15) is 26.7 Å². The molecule has 0 amide bonds. The first-order chi connectivity index (χ1) is 10.9. The van der Waals surface area contributed by atoms with Crippen LogP contribution in [0.15, 0.2) is 0 Å². The van der Waals surface area contributed by atoms with Gasteiger partial charge in [-0.2, -0.15) is 16.8 Å². The van der Waals surface area contributed by atoms with Crippen LogP contribution in [0.5, 0.6) is 0 Å². The van der Waals surface area contributed by atoms with Crippen molar-refractivity contribution >= 4 is 32.2 Å². The second-order valence-corrected chi connectivity index (χ2v) is 7.86. The Morgan fingerprint density at radius 2 is 1.04 bits per heavy atom. The predicted octanol–water partition coefficient (Wildman–Crippen LogP) is -0.418. The first-order valence-corrected chi connectivity index (χ1v) is 10.6. The van der Waals surface area contributed by atoms with Gasteiger partial charge in [-0.3, -0.25) is 8.37 Å². The van der Waals surface area contributed by atoms with E-state index in [1.807, 2.05) is 0 Å². The topological polar surface area (TPSA) is 139 Å². The van der Waals surface area contributed by atoms with Crippen LogP contribution in [0, 0.1) is 0 Å². The lowest BCUT2D eigenvalue weighted by molar-refractivity contribution is -0.155. The van der Waals surface area contributed by atoms with E-state index in [0.717, 1.165) is 12.5 Å². The average Bonchev–Trinajstić information content (AvgIpc) is 2.39. The first-order valence-electron chi connectivity index (χ1n) is 6.99. The zero-order chi connectivity index (χ0) is 19.0. The van der Waals surface area contributed by atoms with Crippen molar-refractivity contribution in [2.45, 2.75) is 38.9 Å². The van der Waals surface area contributed by atoms with Crippen LogP contribution in [0.2, 0.25) is 0 Å². The fraction of sp³-hybridized carbons (Fsp3) is 0.833. The van der Waals surface area contributed by atoms with Crippen LogP contribution in [0.3, 0.4) is 0 Å². The maximum atomic E-state index is 11.7. The number of ether oxygens (including phenoxy) is 2. The Balaban J connectivity index is 5.13. The van der Waals surface area contributed by atoms with Gasteiger partial charge in [-0.25, -0.2) is 9.59 Å². The third-order valence-electron chi connectivity index (χ3n) is 2.37. The van der Waals surface area contributed by atoms with E-state index in [1.54, 1.807) is 0 Å². The molecule has 2 atom stereocenters. The van der Waals surface area contributed by atoms with Gasteiger partial charge in [-0.1, -0.05) is 0 Å². The lowest BCUT2D eigenvalue weighted by Crippen LogP contribution is -2.34. The molecule has 0 fully saturated rings. The zero-order valence-electron chi connectivity index (χ0n) is 13.9. The number of esters is 2. The van der Waals surface area contributed by atoms with Gasteiger partial charge in [0.15, 0.2) is 12.2 Å². The second-order valence-electron chi connectivity index (χ2n) is 4.66. The molecule has 0 heterocycles. The van der Waals surface area contributed by atoms with Gasteiger partial charge in [0.05, 0.1) is 25.7 Å². The van der Waals surface area contributed by atoms with Gasteiger partial charge >= 0.3 is 11.9 Å². The van der Waals surface area contributed by atoms with Crippen molar-refractivity contribution in [3.63, 3.8) is 0 Å². The molecular formula is C12H22O10S2. The lowest BCUT2D eigenvalue weighted by Gasteiger charge is -2.18. The summed E-state index contributed by atoms with van der Waals surface area (Å²) in [6.45, 7) is 3.01. The highest BCUT2D eigenvalue weighted by atomic mass is 32.2. The van der Waals surface area contributed by atoms with Gasteiger partial charge in [-0.05, 0) is 26.7 Å². The van der Waals surface area contributed by atoms with E-state index in [1.165, 1.54) is 13.8 Å². The van der Waals surface area contributed by atoms with Gasteiger partial charge in [0.1, 0.15) is 0 Å². The molecule has 12 heteroatoms. The molecule has 0 aromatic heterocycles. The molecule has 142 valence electrons. The number of carbonyl (C=O) groups excluding carboxylic acids is 2. The average molecular weight is 390 g/mol. The third kappa shape index (κ3) is 10.5. The third-order valence-corrected chi connectivity index (χ3v) is 3.54. The standard InChI is InChI=1S/C12H22O10S2/c1-5-19-11(13)9(21-23(3,15)16)7-8-10(12(14)20-6-2)22-24(4,17)18/h9-10H,5-8H2,1-4H3. The van der Waals surface area contributed by atoms with E-state index in [2.05, 4.69) is 17.8 Å². The van der Waals surface area contributed by atoms with Gasteiger partial charge in [-0.15, -0.1) is 0 Å². The Hall–Kier alpha value is -1.24. The van der Waals surface area contributed by atoms with Crippen molar-refractivity contribution in [1.29, 1.82) is 0 Å². The molecule has 10 nitrogen and oxygen atoms in total. The summed E-state index contributed by atoms with van der Waals surface area (Å²) in [6, 6.07) is 0. The van der Waals surface area contributed by atoms with Crippen molar-refractivity contribution < 1.29 is 44.3 Å². The van der Waals surface area contributed by atoms with E-state index in [-0.39, 0.29) is 26.1 Å². The van der Waals surface area contributed by atoms with Crippen molar-refractivity contribution in [1.82, 2.24) is 0 Å². The van der Waals surface area contributed by atoms with Gasteiger partial charge in [0.2, 0.25) is 0 Å². The molecule has 0 aromatic rings. The fourth-order valence-corrected chi connectivity index (χ4v) is 2.80. The normalized spacial score (nSPS) is 14.7. The van der Waals surface area contributed by atoms with Crippen LogP contribution in [-0.2, 0) is 47.7 Å². The minimum Gasteiger partial charge on any atom is -0.464 e. The summed E-state index contributed by atoms with van der Waals surface area (Å²) in [6.07, 6.45) is -2.22. The number of carbonyl (C=O) groups is 2. The smallest absolute Gasteiger partial charge is 0.336 e. The summed E-state index contributed by atoms with van der Waals surface area (Å²) in [5.41, 5.74) is 0. The van der Waals surface area contributed by atoms with E-state index in [4.69, 9.17) is 0 Å². The van der Waals surface area contributed by atoms with Crippen LogP contribution < -0.4 is 0 Å². The van der Waals surface area contributed by atoms with Gasteiger partial charge in [0.25, 0.3) is 20.2 Å². The maximum Gasteiger partial charge on any atom is 0.336 e. The predicted molar refractivity (Wildman–Crippen MR) is 81.9 cm³/mol. The summed E-state index contributed by atoms with van der Waals surface area (Å²) >= 11 is 0. The monoisotopic (exact) mass is 390 g/mol. The van der Waals surface area contributed by atoms with Crippen LogP contribution in [0.4, 0.5) is 0 Å². The Morgan fingerprint density at radius 3 is 1.25 bits per heavy atom. The number of hydrogen-bond donors (Lipinski definition) is 0. The molecule has 0 saturated heterocycles. The minimum atomic E-state index is -3.98. The summed E-state index contributed by atoms with van der Waals surface area (Å²) in [5, 5.41) is 0. The van der Waals surface area contributed by atoms with E-state index in [0.29, 0.717) is 0 Å². The Morgan fingerprint density at radius 1 is 0.750 bits per heavy atom. The molecular weight excluding hydrogens is 368 g/mol. The first kappa shape index (κ1) is 22.8. The molecule has 0 N–H and O–H groups in total. The summed E-state index contributed by atoms with van der Waals surface area (Å²) < 4.78 is 63.4. The highest BCUT2D eigenvalue weighted by molar-refractivity contribution is 7.86. The van der Waals surface area contributed by atoms with Crippen molar-refractivity contribution in [3.8, 4) is 0 Å². The van der Waals surface area contributed by atoms with Crippen molar-refractivity contribution in [3.05, 3.63) is 0 Å². The highest BCUT2D eigenvalue weighted by Crippen LogP contribution is 2.15. The van der Waals surface area contributed by atoms with Crippen LogP contribution in [0.25, 0.3) is 0 Å². The molecule has 0 rings (SSSR count). The lowest BCUT2D eigenvalue weighted by atomic mass is 10.1. The molecule has 0 aliphatic heterocycles. The quantitative estimate of drug-likeness (QED) is 0.337. The zero-order valence-corrected chi connectivity index (χ0v) is 15.5. The molecule has 0 aliphatic rings. The summed E-state index contributed by atoms with van der Waals surface area (Å²) in [4.78, 5) is 23.5.